The van der Waals surface area contributed by atoms with Gasteiger partial charge in [-0.15, -0.1) is 0 Å². The molecule has 1 fully saturated rings. The van der Waals surface area contributed by atoms with Crippen molar-refractivity contribution in [3.05, 3.63) is 35.2 Å². The molecular formula is C16H18N2O2. The van der Waals surface area contributed by atoms with Gasteiger partial charge in [0, 0.05) is 24.9 Å². The van der Waals surface area contributed by atoms with Crippen molar-refractivity contribution in [3.8, 4) is 0 Å². The molecule has 0 aromatic carbocycles. The third-order valence-corrected chi connectivity index (χ3v) is 4.14. The van der Waals surface area contributed by atoms with E-state index in [-0.39, 0.29) is 0 Å². The van der Waals surface area contributed by atoms with Gasteiger partial charge in [-0.1, -0.05) is 6.92 Å². The molecule has 0 spiro atoms. The van der Waals surface area contributed by atoms with Crippen molar-refractivity contribution in [2.24, 2.45) is 5.92 Å². The molecule has 1 saturated heterocycles. The van der Waals surface area contributed by atoms with Gasteiger partial charge in [-0.05, 0) is 37.8 Å². The number of carbonyl (C=O) groups is 2. The molecule has 4 heteroatoms. The van der Waals surface area contributed by atoms with Crippen molar-refractivity contribution in [1.29, 1.82) is 0 Å². The van der Waals surface area contributed by atoms with Crippen LogP contribution in [0.4, 0.5) is 0 Å². The number of allylic oxidation sites excluding steroid dienone is 1. The van der Waals surface area contributed by atoms with Gasteiger partial charge in [-0.2, -0.15) is 0 Å². The summed E-state index contributed by atoms with van der Waals surface area (Å²) in [6.07, 6.45) is 3.69. The summed E-state index contributed by atoms with van der Waals surface area (Å²) in [4.78, 5) is 30.5. The Balaban J connectivity index is 2.02. The van der Waals surface area contributed by atoms with Gasteiger partial charge < -0.3 is 4.90 Å². The first-order valence-electron chi connectivity index (χ1n) is 7.09. The number of nitrogens with zero attached hydrogens (tertiary/aromatic N) is 2. The van der Waals surface area contributed by atoms with Gasteiger partial charge >= 0.3 is 0 Å². The van der Waals surface area contributed by atoms with E-state index in [1.54, 1.807) is 12.1 Å². The van der Waals surface area contributed by atoms with Crippen LogP contribution in [0.25, 0.3) is 5.70 Å². The molecule has 20 heavy (non-hydrogen) atoms. The molecule has 0 saturated carbocycles. The van der Waals surface area contributed by atoms with Crippen LogP contribution in [0, 0.1) is 12.8 Å². The fourth-order valence-electron chi connectivity index (χ4n) is 2.82. The van der Waals surface area contributed by atoms with Crippen LogP contribution >= 0.6 is 0 Å². The molecule has 2 heterocycles. The van der Waals surface area contributed by atoms with Gasteiger partial charge in [0.25, 0.3) is 0 Å². The first-order chi connectivity index (χ1) is 9.56. The SMILES string of the molecule is Cc1ccc2c(n1)C(N1CCC(C)CC1)=CC(=O)C2=O. The average molecular weight is 270 g/mol. The summed E-state index contributed by atoms with van der Waals surface area (Å²) in [5.74, 6) is -0.156. The van der Waals surface area contributed by atoms with E-state index < -0.39 is 11.6 Å². The molecule has 104 valence electrons. The molecule has 1 aromatic rings. The summed E-state index contributed by atoms with van der Waals surface area (Å²) >= 11 is 0. The predicted molar refractivity (Wildman–Crippen MR) is 76.3 cm³/mol. The van der Waals surface area contributed by atoms with Crippen LogP contribution in [0.2, 0.25) is 0 Å². The van der Waals surface area contributed by atoms with Crippen LogP contribution in [0.15, 0.2) is 18.2 Å². The van der Waals surface area contributed by atoms with Crippen LogP contribution in [0.3, 0.4) is 0 Å². The summed E-state index contributed by atoms with van der Waals surface area (Å²) in [6.45, 7) is 5.99. The lowest BCUT2D eigenvalue weighted by molar-refractivity contribution is -0.111. The van der Waals surface area contributed by atoms with Crippen LogP contribution in [-0.2, 0) is 4.79 Å². The van der Waals surface area contributed by atoms with Gasteiger partial charge in [0.1, 0.15) is 0 Å². The summed E-state index contributed by atoms with van der Waals surface area (Å²) in [5.41, 5.74) is 2.79. The normalized spacial score (nSPS) is 19.9. The lowest BCUT2D eigenvalue weighted by Crippen LogP contribution is -2.35. The number of rotatable bonds is 1. The lowest BCUT2D eigenvalue weighted by Gasteiger charge is -2.35. The molecule has 1 aromatic heterocycles. The highest BCUT2D eigenvalue weighted by molar-refractivity contribution is 6.50. The number of aromatic nitrogens is 1. The second-order valence-electron chi connectivity index (χ2n) is 5.74. The maximum atomic E-state index is 12.0. The van der Waals surface area contributed by atoms with E-state index in [0.717, 1.165) is 43.2 Å². The van der Waals surface area contributed by atoms with Gasteiger partial charge in [-0.3, -0.25) is 14.6 Å². The number of carbonyl (C=O) groups excluding carboxylic acids is 2. The maximum Gasteiger partial charge on any atom is 0.235 e. The van der Waals surface area contributed by atoms with Crippen molar-refractivity contribution in [1.82, 2.24) is 9.88 Å². The van der Waals surface area contributed by atoms with E-state index in [2.05, 4.69) is 16.8 Å². The molecule has 0 unspecified atom stereocenters. The quantitative estimate of drug-likeness (QED) is 0.734. The maximum absolute atomic E-state index is 12.0. The summed E-state index contributed by atoms with van der Waals surface area (Å²) in [5, 5.41) is 0. The minimum Gasteiger partial charge on any atom is -0.370 e. The van der Waals surface area contributed by atoms with Crippen LogP contribution < -0.4 is 0 Å². The second kappa shape index (κ2) is 4.85. The molecular weight excluding hydrogens is 252 g/mol. The van der Waals surface area contributed by atoms with Gasteiger partial charge in [0.05, 0.1) is 17.0 Å². The Morgan fingerprint density at radius 3 is 2.60 bits per heavy atom. The number of pyridine rings is 1. The number of fused-ring (bicyclic) bond motifs is 1. The second-order valence-corrected chi connectivity index (χ2v) is 5.74. The monoisotopic (exact) mass is 270 g/mol. The van der Waals surface area contributed by atoms with E-state index in [1.807, 2.05) is 6.92 Å². The Labute approximate surface area is 118 Å². The summed E-state index contributed by atoms with van der Waals surface area (Å²) < 4.78 is 0. The average Bonchev–Trinajstić information content (AvgIpc) is 2.44. The van der Waals surface area contributed by atoms with Gasteiger partial charge in [0.15, 0.2) is 0 Å². The van der Waals surface area contributed by atoms with Crippen LogP contribution in [0.5, 0.6) is 0 Å². The van der Waals surface area contributed by atoms with Gasteiger partial charge in [-0.25, -0.2) is 0 Å². The van der Waals surface area contributed by atoms with Crippen molar-refractivity contribution >= 4 is 17.3 Å². The Hall–Kier alpha value is -1.97. The minimum atomic E-state index is -0.443. The fraction of sp³-hybridized carbons (Fsp3) is 0.438. The van der Waals surface area contributed by atoms with Crippen molar-refractivity contribution in [2.75, 3.05) is 13.1 Å². The molecule has 0 atom stereocenters. The number of piperidine rings is 1. The zero-order valence-electron chi connectivity index (χ0n) is 11.8. The highest BCUT2D eigenvalue weighted by atomic mass is 16.2. The molecule has 1 aliphatic carbocycles. The van der Waals surface area contributed by atoms with Crippen molar-refractivity contribution in [2.45, 2.75) is 26.7 Å². The van der Waals surface area contributed by atoms with Crippen LogP contribution in [-0.4, -0.2) is 34.5 Å². The predicted octanol–water partition coefficient (Wildman–Crippen LogP) is 2.23. The molecule has 0 N–H and O–H groups in total. The zero-order valence-corrected chi connectivity index (χ0v) is 11.8. The van der Waals surface area contributed by atoms with E-state index >= 15 is 0 Å². The number of ketones is 2. The molecule has 0 radical (unpaired) electrons. The number of aryl methyl sites for hydroxylation is 1. The summed E-state index contributed by atoms with van der Waals surface area (Å²) in [7, 11) is 0. The number of likely N-dealkylation sites (tertiary alicyclic amines) is 1. The van der Waals surface area contributed by atoms with E-state index in [0.29, 0.717) is 11.3 Å². The first kappa shape index (κ1) is 13.0. The van der Waals surface area contributed by atoms with Crippen LogP contribution in [0.1, 0.15) is 41.5 Å². The van der Waals surface area contributed by atoms with Gasteiger partial charge in [0.2, 0.25) is 11.6 Å². The molecule has 2 aliphatic rings. The van der Waals surface area contributed by atoms with E-state index in [4.69, 9.17) is 0 Å². The molecule has 0 amide bonds. The Kier molecular flexibility index (Phi) is 3.16. The Bertz CT molecular complexity index is 611. The van der Waals surface area contributed by atoms with Crippen molar-refractivity contribution < 1.29 is 9.59 Å². The minimum absolute atomic E-state index is 0.434. The molecule has 1 aliphatic heterocycles. The number of Topliss-reactive ketones (excluding diaryl/α,β-unsaturated/α-hetero) is 1. The molecule has 3 rings (SSSR count). The highest BCUT2D eigenvalue weighted by Gasteiger charge is 2.30. The summed E-state index contributed by atoms with van der Waals surface area (Å²) in [6, 6.07) is 3.50. The fourth-order valence-corrected chi connectivity index (χ4v) is 2.82. The lowest BCUT2D eigenvalue weighted by atomic mass is 9.93. The largest absolute Gasteiger partial charge is 0.370 e. The third kappa shape index (κ3) is 2.15. The standard InChI is InChI=1S/C16H18N2O2/c1-10-5-7-18(8-6-10)13-9-14(19)16(20)12-4-3-11(2)17-15(12)13/h3-4,9-10H,5-8H2,1-2H3. The van der Waals surface area contributed by atoms with E-state index in [9.17, 15) is 9.59 Å². The number of hydrogen-bond donors (Lipinski definition) is 0. The topological polar surface area (TPSA) is 50.3 Å². The molecule has 4 nitrogen and oxygen atoms in total. The zero-order chi connectivity index (χ0) is 14.3. The third-order valence-electron chi connectivity index (χ3n) is 4.14. The molecule has 0 bridgehead atoms. The first-order valence-corrected chi connectivity index (χ1v) is 7.09. The Morgan fingerprint density at radius 2 is 1.90 bits per heavy atom. The smallest absolute Gasteiger partial charge is 0.235 e. The number of hydrogen-bond acceptors (Lipinski definition) is 4. The highest BCUT2D eigenvalue weighted by Crippen LogP contribution is 2.30. The van der Waals surface area contributed by atoms with E-state index in [1.165, 1.54) is 6.08 Å². The van der Waals surface area contributed by atoms with Crippen molar-refractivity contribution in [3.63, 3.8) is 0 Å². The Morgan fingerprint density at radius 1 is 1.20 bits per heavy atom.